The van der Waals surface area contributed by atoms with Crippen molar-refractivity contribution >= 4 is 11.6 Å². The Hall–Kier alpha value is -5.03. The van der Waals surface area contributed by atoms with Gasteiger partial charge in [-0.05, 0) is 65.2 Å². The normalized spacial score (nSPS) is 10.5. The van der Waals surface area contributed by atoms with Gasteiger partial charge in [-0.2, -0.15) is 0 Å². The Kier molecular flexibility index (Phi) is 8.52. The lowest BCUT2D eigenvalue weighted by Crippen LogP contribution is -2.11. The fourth-order valence-corrected chi connectivity index (χ4v) is 3.94. The molecule has 0 unspecified atom stereocenters. The summed E-state index contributed by atoms with van der Waals surface area (Å²) in [6.07, 6.45) is 0. The van der Waals surface area contributed by atoms with Gasteiger partial charge in [0, 0.05) is 17.3 Å². The average Bonchev–Trinajstić information content (AvgIpc) is 3.00. The average molecular weight is 516 g/mol. The number of nitrogens with one attached hydrogen (secondary N) is 1. The number of carbonyl (C=O) groups excluding carboxylic acids is 1. The van der Waals surface area contributed by atoms with E-state index in [4.69, 9.17) is 14.2 Å². The number of amides is 1. The lowest BCUT2D eigenvalue weighted by molar-refractivity contribution is 0.102. The van der Waals surface area contributed by atoms with Crippen LogP contribution in [0, 0.1) is 0 Å². The van der Waals surface area contributed by atoms with Gasteiger partial charge in [0.15, 0.2) is 0 Å². The lowest BCUT2D eigenvalue weighted by atomic mass is 10.2. The minimum atomic E-state index is -0.204. The lowest BCUT2D eigenvalue weighted by Gasteiger charge is -2.11. The number of hydrogen-bond acceptors (Lipinski definition) is 4. The summed E-state index contributed by atoms with van der Waals surface area (Å²) in [6.45, 7) is 1.37. The number of ether oxygens (including phenoxy) is 3. The predicted octanol–water partition coefficient (Wildman–Crippen LogP) is 7.68. The molecule has 0 bridgehead atoms. The Bertz CT molecular complexity index is 1490. The van der Waals surface area contributed by atoms with Gasteiger partial charge in [0.2, 0.25) is 0 Å². The summed E-state index contributed by atoms with van der Waals surface area (Å²) in [6, 6.07) is 42.3. The third-order valence-corrected chi connectivity index (χ3v) is 6.01. The molecule has 5 aromatic carbocycles. The third-order valence-electron chi connectivity index (χ3n) is 6.01. The van der Waals surface area contributed by atoms with Crippen LogP contribution in [0.4, 0.5) is 5.69 Å². The maximum absolute atomic E-state index is 12.8. The number of benzene rings is 5. The minimum Gasteiger partial charge on any atom is -0.489 e. The summed E-state index contributed by atoms with van der Waals surface area (Å²) in [5.74, 6) is 1.96. The molecule has 5 rings (SSSR count). The molecule has 0 radical (unpaired) electrons. The summed E-state index contributed by atoms with van der Waals surface area (Å²) in [7, 11) is 0. The van der Waals surface area contributed by atoms with E-state index in [1.54, 1.807) is 24.3 Å². The number of rotatable bonds is 11. The Morgan fingerprint density at radius 1 is 0.487 bits per heavy atom. The number of carbonyl (C=O) groups is 1. The molecule has 5 nitrogen and oxygen atoms in total. The van der Waals surface area contributed by atoms with Gasteiger partial charge in [-0.15, -0.1) is 0 Å². The van der Waals surface area contributed by atoms with Crippen LogP contribution in [-0.2, 0) is 19.8 Å². The Balaban J connectivity index is 1.11. The maximum atomic E-state index is 12.8. The SMILES string of the molecule is O=C(Nc1cccc(OCc2ccccc2)c1)c1ccc(OCc2cccc(OCc3ccccc3)c2)cc1. The summed E-state index contributed by atoms with van der Waals surface area (Å²) in [5, 5.41) is 2.93. The Morgan fingerprint density at radius 3 is 1.64 bits per heavy atom. The maximum Gasteiger partial charge on any atom is 0.255 e. The van der Waals surface area contributed by atoms with Crippen LogP contribution >= 0.6 is 0 Å². The van der Waals surface area contributed by atoms with Crippen molar-refractivity contribution in [3.63, 3.8) is 0 Å². The van der Waals surface area contributed by atoms with Gasteiger partial charge in [-0.1, -0.05) is 78.9 Å². The number of anilines is 1. The van der Waals surface area contributed by atoms with Gasteiger partial charge in [0.25, 0.3) is 5.91 Å². The first-order valence-corrected chi connectivity index (χ1v) is 12.8. The van der Waals surface area contributed by atoms with Gasteiger partial charge in [0.05, 0.1) is 0 Å². The van der Waals surface area contributed by atoms with Crippen molar-refractivity contribution in [2.45, 2.75) is 19.8 Å². The molecule has 0 saturated heterocycles. The fraction of sp³-hybridized carbons (Fsp3) is 0.0882. The van der Waals surface area contributed by atoms with E-state index < -0.39 is 0 Å². The van der Waals surface area contributed by atoms with Gasteiger partial charge in [-0.25, -0.2) is 0 Å². The second-order valence-electron chi connectivity index (χ2n) is 8.99. The van der Waals surface area contributed by atoms with E-state index >= 15 is 0 Å². The van der Waals surface area contributed by atoms with Crippen molar-refractivity contribution in [3.8, 4) is 17.2 Å². The number of hydrogen-bond donors (Lipinski definition) is 1. The van der Waals surface area contributed by atoms with Crippen molar-refractivity contribution < 1.29 is 19.0 Å². The van der Waals surface area contributed by atoms with Crippen LogP contribution in [0.2, 0.25) is 0 Å². The van der Waals surface area contributed by atoms with E-state index in [1.807, 2.05) is 109 Å². The molecule has 39 heavy (non-hydrogen) atoms. The fourth-order valence-electron chi connectivity index (χ4n) is 3.94. The third kappa shape index (κ3) is 7.73. The second kappa shape index (κ2) is 13.0. The van der Waals surface area contributed by atoms with Crippen LogP contribution in [0.15, 0.2) is 133 Å². The highest BCUT2D eigenvalue weighted by atomic mass is 16.5. The van der Waals surface area contributed by atoms with Crippen LogP contribution in [0.25, 0.3) is 0 Å². The smallest absolute Gasteiger partial charge is 0.255 e. The molecular formula is C34H29NO4. The van der Waals surface area contributed by atoms with Crippen molar-refractivity contribution in [2.75, 3.05) is 5.32 Å². The first kappa shape index (κ1) is 25.6. The molecule has 0 heterocycles. The van der Waals surface area contributed by atoms with Crippen LogP contribution in [0.1, 0.15) is 27.0 Å². The summed E-state index contributed by atoms with van der Waals surface area (Å²) in [5.41, 5.74) is 4.40. The van der Waals surface area contributed by atoms with Crippen LogP contribution in [0.5, 0.6) is 17.2 Å². The largest absolute Gasteiger partial charge is 0.489 e. The van der Waals surface area contributed by atoms with Gasteiger partial charge in [-0.3, -0.25) is 4.79 Å². The standard InChI is InChI=1S/C34H29NO4/c36-34(35-30-14-8-16-33(22-30)39-24-27-11-5-2-6-12-27)29-17-19-31(20-18-29)37-25-28-13-7-15-32(21-28)38-23-26-9-3-1-4-10-26/h1-22H,23-25H2,(H,35,36). The van der Waals surface area contributed by atoms with Crippen LogP contribution in [0.3, 0.4) is 0 Å². The quantitative estimate of drug-likeness (QED) is 0.196. The molecule has 0 saturated carbocycles. The molecule has 0 aliphatic heterocycles. The summed E-state index contributed by atoms with van der Waals surface area (Å²) >= 11 is 0. The van der Waals surface area contributed by atoms with E-state index in [1.165, 1.54) is 0 Å². The van der Waals surface area contributed by atoms with Gasteiger partial charge in [0.1, 0.15) is 37.1 Å². The predicted molar refractivity (Wildman–Crippen MR) is 153 cm³/mol. The highest BCUT2D eigenvalue weighted by molar-refractivity contribution is 6.04. The molecule has 5 heteroatoms. The van der Waals surface area contributed by atoms with Crippen molar-refractivity contribution in [3.05, 3.63) is 156 Å². The van der Waals surface area contributed by atoms with E-state index in [0.29, 0.717) is 42.6 Å². The molecule has 194 valence electrons. The summed E-state index contributed by atoms with van der Waals surface area (Å²) in [4.78, 5) is 12.8. The molecule has 0 aromatic heterocycles. The highest BCUT2D eigenvalue weighted by Crippen LogP contribution is 2.21. The van der Waals surface area contributed by atoms with Gasteiger partial charge < -0.3 is 19.5 Å². The van der Waals surface area contributed by atoms with E-state index in [0.717, 1.165) is 22.4 Å². The van der Waals surface area contributed by atoms with E-state index in [2.05, 4.69) is 5.32 Å². The second-order valence-corrected chi connectivity index (χ2v) is 8.99. The van der Waals surface area contributed by atoms with Crippen molar-refractivity contribution in [1.82, 2.24) is 0 Å². The molecule has 0 aliphatic carbocycles. The molecule has 0 spiro atoms. The molecule has 0 aliphatic rings. The zero-order chi connectivity index (χ0) is 26.7. The van der Waals surface area contributed by atoms with E-state index in [-0.39, 0.29) is 5.91 Å². The zero-order valence-corrected chi connectivity index (χ0v) is 21.5. The van der Waals surface area contributed by atoms with Crippen LogP contribution < -0.4 is 19.5 Å². The Labute approximate surface area is 228 Å². The van der Waals surface area contributed by atoms with Crippen molar-refractivity contribution in [1.29, 1.82) is 0 Å². The summed E-state index contributed by atoms with van der Waals surface area (Å²) < 4.78 is 17.7. The molecule has 1 amide bonds. The van der Waals surface area contributed by atoms with E-state index in [9.17, 15) is 4.79 Å². The first-order valence-electron chi connectivity index (χ1n) is 12.8. The topological polar surface area (TPSA) is 56.8 Å². The molecule has 5 aromatic rings. The minimum absolute atomic E-state index is 0.204. The Morgan fingerprint density at radius 2 is 1.00 bits per heavy atom. The highest BCUT2D eigenvalue weighted by Gasteiger charge is 2.08. The zero-order valence-electron chi connectivity index (χ0n) is 21.5. The molecular weight excluding hydrogens is 486 g/mol. The first-order chi connectivity index (χ1) is 19.2. The monoisotopic (exact) mass is 515 g/mol. The van der Waals surface area contributed by atoms with Crippen LogP contribution in [-0.4, -0.2) is 5.91 Å². The molecule has 1 N–H and O–H groups in total. The van der Waals surface area contributed by atoms with Gasteiger partial charge >= 0.3 is 0 Å². The van der Waals surface area contributed by atoms with Crippen molar-refractivity contribution in [2.24, 2.45) is 0 Å². The molecule has 0 atom stereocenters. The molecule has 0 fully saturated rings.